The third kappa shape index (κ3) is 1.35. The van der Waals surface area contributed by atoms with E-state index in [1.54, 1.807) is 7.11 Å². The van der Waals surface area contributed by atoms with Gasteiger partial charge in [0, 0.05) is 17.5 Å². The van der Waals surface area contributed by atoms with Crippen molar-refractivity contribution in [3.63, 3.8) is 0 Å². The van der Waals surface area contributed by atoms with E-state index in [4.69, 9.17) is 4.74 Å². The molecule has 0 fully saturated rings. The lowest BCUT2D eigenvalue weighted by molar-refractivity contribution is 0.415. The topological polar surface area (TPSA) is 27.1 Å². The molecule has 74 valence electrons. The first-order chi connectivity index (χ1) is 6.72. The van der Waals surface area contributed by atoms with E-state index in [-0.39, 0.29) is 0 Å². The highest BCUT2D eigenvalue weighted by Crippen LogP contribution is 2.22. The van der Waals surface area contributed by atoms with Crippen LogP contribution in [0.1, 0.15) is 19.9 Å². The fourth-order valence-corrected chi connectivity index (χ4v) is 1.56. The first kappa shape index (κ1) is 9.06. The molecule has 0 aliphatic heterocycles. The summed E-state index contributed by atoms with van der Waals surface area (Å²) in [6.45, 7) is 4.23. The number of hydrogen-bond acceptors (Lipinski definition) is 2. The maximum Gasteiger partial charge on any atom is 0.121 e. The van der Waals surface area contributed by atoms with Gasteiger partial charge in [-0.25, -0.2) is 0 Å². The van der Waals surface area contributed by atoms with E-state index in [0.29, 0.717) is 6.04 Å². The second-order valence-corrected chi connectivity index (χ2v) is 3.61. The van der Waals surface area contributed by atoms with Gasteiger partial charge < -0.3 is 4.74 Å². The molecule has 0 aliphatic rings. The minimum Gasteiger partial charge on any atom is -0.497 e. The van der Waals surface area contributed by atoms with Crippen LogP contribution in [0.5, 0.6) is 5.75 Å². The third-order valence-corrected chi connectivity index (χ3v) is 2.29. The van der Waals surface area contributed by atoms with Crippen LogP contribution in [0.15, 0.2) is 24.4 Å². The molecule has 0 atom stereocenters. The van der Waals surface area contributed by atoms with E-state index in [9.17, 15) is 0 Å². The number of rotatable bonds is 2. The zero-order chi connectivity index (χ0) is 10.1. The highest BCUT2D eigenvalue weighted by atomic mass is 16.5. The molecule has 2 rings (SSSR count). The quantitative estimate of drug-likeness (QED) is 0.727. The van der Waals surface area contributed by atoms with Gasteiger partial charge >= 0.3 is 0 Å². The number of hydrogen-bond donors (Lipinski definition) is 0. The predicted octanol–water partition coefficient (Wildman–Crippen LogP) is 2.63. The molecular weight excluding hydrogens is 176 g/mol. The molecule has 0 saturated carbocycles. The number of nitrogens with zero attached hydrogens (tertiary/aromatic N) is 2. The van der Waals surface area contributed by atoms with Crippen LogP contribution in [0.3, 0.4) is 0 Å². The Hall–Kier alpha value is -1.51. The van der Waals surface area contributed by atoms with E-state index in [1.165, 1.54) is 0 Å². The fourth-order valence-electron chi connectivity index (χ4n) is 1.56. The molecule has 3 heteroatoms. The van der Waals surface area contributed by atoms with Gasteiger partial charge in [-0.05, 0) is 26.0 Å². The summed E-state index contributed by atoms with van der Waals surface area (Å²) in [5.41, 5.74) is 1.12. The minimum absolute atomic E-state index is 0.375. The van der Waals surface area contributed by atoms with Crippen LogP contribution < -0.4 is 4.74 Å². The van der Waals surface area contributed by atoms with Crippen molar-refractivity contribution in [1.29, 1.82) is 0 Å². The highest BCUT2D eigenvalue weighted by molar-refractivity contribution is 5.80. The summed E-state index contributed by atoms with van der Waals surface area (Å²) in [5.74, 6) is 0.875. The summed E-state index contributed by atoms with van der Waals surface area (Å²) in [7, 11) is 1.68. The number of aromatic nitrogens is 2. The number of ether oxygens (including phenoxy) is 1. The molecule has 2 aromatic rings. The highest BCUT2D eigenvalue weighted by Gasteiger charge is 2.06. The monoisotopic (exact) mass is 190 g/mol. The van der Waals surface area contributed by atoms with Gasteiger partial charge in [-0.15, -0.1) is 0 Å². The number of methoxy groups -OCH3 is 1. The molecule has 1 aromatic heterocycles. The van der Waals surface area contributed by atoms with Crippen molar-refractivity contribution >= 4 is 10.9 Å². The summed E-state index contributed by atoms with van der Waals surface area (Å²) in [5, 5.41) is 5.48. The van der Waals surface area contributed by atoms with E-state index in [2.05, 4.69) is 18.9 Å². The Bertz CT molecular complexity index is 445. The Labute approximate surface area is 83.3 Å². The third-order valence-electron chi connectivity index (χ3n) is 2.29. The van der Waals surface area contributed by atoms with Gasteiger partial charge in [-0.2, -0.15) is 5.10 Å². The van der Waals surface area contributed by atoms with Crippen molar-refractivity contribution < 1.29 is 4.74 Å². The Morgan fingerprint density at radius 2 is 2.14 bits per heavy atom. The summed E-state index contributed by atoms with van der Waals surface area (Å²) in [6.07, 6.45) is 1.88. The van der Waals surface area contributed by atoms with Gasteiger partial charge in [-0.3, -0.25) is 4.68 Å². The molecule has 0 unspecified atom stereocenters. The second-order valence-electron chi connectivity index (χ2n) is 3.61. The molecular formula is C11H14N2O. The lowest BCUT2D eigenvalue weighted by Gasteiger charge is -2.07. The largest absolute Gasteiger partial charge is 0.497 e. The van der Waals surface area contributed by atoms with Crippen LogP contribution in [0.2, 0.25) is 0 Å². The smallest absolute Gasteiger partial charge is 0.121 e. The van der Waals surface area contributed by atoms with Crippen molar-refractivity contribution in [2.45, 2.75) is 19.9 Å². The normalized spacial score (nSPS) is 11.1. The first-order valence-corrected chi connectivity index (χ1v) is 4.73. The lowest BCUT2D eigenvalue weighted by atomic mass is 10.2. The van der Waals surface area contributed by atoms with Gasteiger partial charge in [0.15, 0.2) is 0 Å². The van der Waals surface area contributed by atoms with Crippen LogP contribution in [-0.4, -0.2) is 16.9 Å². The molecule has 1 aromatic carbocycles. The molecule has 0 saturated heterocycles. The van der Waals surface area contributed by atoms with Crippen LogP contribution >= 0.6 is 0 Å². The minimum atomic E-state index is 0.375. The maximum atomic E-state index is 5.19. The molecule has 0 radical (unpaired) electrons. The molecule has 0 amide bonds. The van der Waals surface area contributed by atoms with Crippen LogP contribution in [-0.2, 0) is 0 Å². The summed E-state index contributed by atoms with van der Waals surface area (Å²) in [4.78, 5) is 0. The van der Waals surface area contributed by atoms with Gasteiger partial charge in [0.2, 0.25) is 0 Å². The Morgan fingerprint density at radius 3 is 2.79 bits per heavy atom. The van der Waals surface area contributed by atoms with Gasteiger partial charge in [0.1, 0.15) is 5.75 Å². The van der Waals surface area contributed by atoms with Gasteiger partial charge in [0.05, 0.1) is 18.8 Å². The molecule has 1 heterocycles. The van der Waals surface area contributed by atoms with Crippen LogP contribution in [0.4, 0.5) is 0 Å². The molecule has 3 nitrogen and oxygen atoms in total. The van der Waals surface area contributed by atoms with Crippen LogP contribution in [0, 0.1) is 0 Å². The van der Waals surface area contributed by atoms with E-state index >= 15 is 0 Å². The SMILES string of the molecule is COc1ccc2cnn(C(C)C)c2c1. The Kier molecular flexibility index (Phi) is 2.15. The standard InChI is InChI=1S/C11H14N2O/c1-8(2)13-11-6-10(14-3)5-4-9(11)7-12-13/h4-8H,1-3H3. The number of fused-ring (bicyclic) bond motifs is 1. The number of benzene rings is 1. The summed E-state index contributed by atoms with van der Waals surface area (Å²) >= 11 is 0. The van der Waals surface area contributed by atoms with Crippen LogP contribution in [0.25, 0.3) is 10.9 Å². The van der Waals surface area contributed by atoms with Gasteiger partial charge in [-0.1, -0.05) is 0 Å². The molecule has 0 aliphatic carbocycles. The first-order valence-electron chi connectivity index (χ1n) is 4.73. The van der Waals surface area contributed by atoms with E-state index in [0.717, 1.165) is 16.7 Å². The Balaban J connectivity index is 2.63. The van der Waals surface area contributed by atoms with Gasteiger partial charge in [0.25, 0.3) is 0 Å². The van der Waals surface area contributed by atoms with Crippen molar-refractivity contribution in [3.8, 4) is 5.75 Å². The predicted molar refractivity (Wildman–Crippen MR) is 56.7 cm³/mol. The summed E-state index contributed by atoms with van der Waals surface area (Å²) in [6, 6.07) is 6.37. The van der Waals surface area contributed by atoms with Crippen molar-refractivity contribution in [1.82, 2.24) is 9.78 Å². The maximum absolute atomic E-state index is 5.19. The molecule has 0 N–H and O–H groups in total. The lowest BCUT2D eigenvalue weighted by Crippen LogP contribution is -2.01. The summed E-state index contributed by atoms with van der Waals surface area (Å²) < 4.78 is 7.18. The van der Waals surface area contributed by atoms with Crippen molar-refractivity contribution in [2.75, 3.05) is 7.11 Å². The molecule has 0 bridgehead atoms. The van der Waals surface area contributed by atoms with E-state index in [1.807, 2.05) is 29.1 Å². The van der Waals surface area contributed by atoms with E-state index < -0.39 is 0 Å². The molecule has 0 spiro atoms. The van der Waals surface area contributed by atoms with Crippen molar-refractivity contribution in [2.24, 2.45) is 0 Å². The fraction of sp³-hybridized carbons (Fsp3) is 0.364. The average molecular weight is 190 g/mol. The Morgan fingerprint density at radius 1 is 1.36 bits per heavy atom. The van der Waals surface area contributed by atoms with Crippen molar-refractivity contribution in [3.05, 3.63) is 24.4 Å². The second kappa shape index (κ2) is 3.33. The zero-order valence-corrected chi connectivity index (χ0v) is 8.69. The molecule has 14 heavy (non-hydrogen) atoms. The zero-order valence-electron chi connectivity index (χ0n) is 8.69. The average Bonchev–Trinajstić information content (AvgIpc) is 2.59.